The van der Waals surface area contributed by atoms with Gasteiger partial charge in [-0.1, -0.05) is 12.8 Å². The highest BCUT2D eigenvalue weighted by molar-refractivity contribution is 5.91. The minimum absolute atomic E-state index is 0.0490. The Hall–Kier alpha value is -1.99. The predicted octanol–water partition coefficient (Wildman–Crippen LogP) is 1.23. The van der Waals surface area contributed by atoms with Gasteiger partial charge in [-0.15, -0.1) is 0 Å². The summed E-state index contributed by atoms with van der Waals surface area (Å²) in [5.74, 6) is 0.610. The van der Waals surface area contributed by atoms with E-state index in [4.69, 9.17) is 0 Å². The summed E-state index contributed by atoms with van der Waals surface area (Å²) in [6, 6.07) is 0. The number of hydrogen-bond acceptors (Lipinski definition) is 6. The molecule has 2 heterocycles. The zero-order chi connectivity index (χ0) is 19.3. The van der Waals surface area contributed by atoms with Crippen LogP contribution < -0.4 is 10.2 Å². The summed E-state index contributed by atoms with van der Waals surface area (Å²) in [5, 5.41) is 3.14. The zero-order valence-electron chi connectivity index (χ0n) is 16.8. The number of nitrogens with one attached hydrogen (secondary N) is 1. The van der Waals surface area contributed by atoms with Crippen LogP contribution in [-0.2, 0) is 4.79 Å². The van der Waals surface area contributed by atoms with E-state index >= 15 is 0 Å². The fraction of sp³-hybridized carbons (Fsp3) is 0.650. The number of hydrogen-bond donors (Lipinski definition) is 1. The van der Waals surface area contributed by atoms with Crippen molar-refractivity contribution in [2.24, 2.45) is 0 Å². The molecule has 0 atom stereocenters. The number of carbonyl (C=O) groups excluding carboxylic acids is 1. The molecule has 1 N–H and O–H groups in total. The highest BCUT2D eigenvalue weighted by Crippen LogP contribution is 2.35. The Morgan fingerprint density at radius 1 is 1.19 bits per heavy atom. The van der Waals surface area contributed by atoms with Crippen LogP contribution in [0.25, 0.3) is 6.08 Å². The first kappa shape index (κ1) is 19.8. The quantitative estimate of drug-likeness (QED) is 0.758. The molecule has 7 nitrogen and oxygen atoms in total. The molecule has 1 aromatic heterocycles. The van der Waals surface area contributed by atoms with Crippen LogP contribution in [0.15, 0.2) is 18.5 Å². The van der Waals surface area contributed by atoms with Crippen molar-refractivity contribution in [2.75, 3.05) is 58.8 Å². The average Bonchev–Trinajstić information content (AvgIpc) is 3.16. The Labute approximate surface area is 162 Å². The highest BCUT2D eigenvalue weighted by atomic mass is 16.1. The topological polar surface area (TPSA) is 64.6 Å². The third-order valence-electron chi connectivity index (χ3n) is 5.79. The maximum absolute atomic E-state index is 12.4. The van der Waals surface area contributed by atoms with Crippen molar-refractivity contribution < 1.29 is 4.79 Å². The third kappa shape index (κ3) is 5.05. The van der Waals surface area contributed by atoms with E-state index < -0.39 is 0 Å². The number of aromatic nitrogens is 2. The second kappa shape index (κ2) is 8.80. The van der Waals surface area contributed by atoms with Gasteiger partial charge in [0, 0.05) is 76.4 Å². The second-order valence-corrected chi connectivity index (χ2v) is 7.98. The Kier molecular flexibility index (Phi) is 6.44. The van der Waals surface area contributed by atoms with E-state index in [0.717, 1.165) is 38.3 Å². The van der Waals surface area contributed by atoms with E-state index in [-0.39, 0.29) is 11.4 Å². The van der Waals surface area contributed by atoms with Crippen molar-refractivity contribution in [1.82, 2.24) is 25.1 Å². The Morgan fingerprint density at radius 2 is 1.81 bits per heavy atom. The lowest BCUT2D eigenvalue weighted by Crippen LogP contribution is -2.59. The van der Waals surface area contributed by atoms with Crippen LogP contribution in [0.4, 0.5) is 5.95 Å². The zero-order valence-corrected chi connectivity index (χ0v) is 16.8. The minimum Gasteiger partial charge on any atom is -0.351 e. The van der Waals surface area contributed by atoms with Crippen molar-refractivity contribution >= 4 is 17.9 Å². The second-order valence-electron chi connectivity index (χ2n) is 7.98. The molecule has 2 fully saturated rings. The summed E-state index contributed by atoms with van der Waals surface area (Å²) >= 11 is 0. The Morgan fingerprint density at radius 3 is 2.41 bits per heavy atom. The van der Waals surface area contributed by atoms with Gasteiger partial charge in [-0.25, -0.2) is 9.97 Å². The number of nitrogens with zero attached hydrogens (tertiary/aromatic N) is 5. The summed E-state index contributed by atoms with van der Waals surface area (Å²) < 4.78 is 0. The first-order valence-corrected chi connectivity index (χ1v) is 9.87. The lowest BCUT2D eigenvalue weighted by atomic mass is 9.93. The largest absolute Gasteiger partial charge is 0.351 e. The monoisotopic (exact) mass is 372 g/mol. The van der Waals surface area contributed by atoms with Crippen LogP contribution >= 0.6 is 0 Å². The molecule has 0 unspecified atom stereocenters. The molecule has 3 rings (SSSR count). The first-order valence-electron chi connectivity index (χ1n) is 9.87. The van der Waals surface area contributed by atoms with Crippen LogP contribution in [0.3, 0.4) is 0 Å². The standard InChI is InChI=1S/C20H32N6O/c1-24(2)19-21-14-17(15-22-19)6-7-18(27)23-16-20(8-4-5-9-20)26-12-10-25(3)11-13-26/h6-7,14-15H,4-5,8-13,16H2,1-3H3,(H,23,27). The third-order valence-corrected chi connectivity index (χ3v) is 5.79. The molecular formula is C20H32N6O. The van der Waals surface area contributed by atoms with Gasteiger partial charge in [0.15, 0.2) is 0 Å². The summed E-state index contributed by atoms with van der Waals surface area (Å²) in [7, 11) is 5.98. The number of piperazine rings is 1. The van der Waals surface area contributed by atoms with Gasteiger partial charge >= 0.3 is 0 Å². The molecule has 1 aliphatic heterocycles. The van der Waals surface area contributed by atoms with E-state index in [0.29, 0.717) is 5.95 Å². The molecule has 0 radical (unpaired) electrons. The maximum Gasteiger partial charge on any atom is 0.244 e. The predicted molar refractivity (Wildman–Crippen MR) is 109 cm³/mol. The van der Waals surface area contributed by atoms with Gasteiger partial charge in [0.05, 0.1) is 0 Å². The molecule has 1 aliphatic carbocycles. The van der Waals surface area contributed by atoms with Crippen molar-refractivity contribution in [1.29, 1.82) is 0 Å². The van der Waals surface area contributed by atoms with E-state index in [1.807, 2.05) is 19.0 Å². The van der Waals surface area contributed by atoms with Crippen molar-refractivity contribution in [2.45, 2.75) is 31.2 Å². The number of anilines is 1. The van der Waals surface area contributed by atoms with E-state index in [1.165, 1.54) is 25.7 Å². The Bertz CT molecular complexity index is 643. The Balaban J connectivity index is 1.55. The lowest BCUT2D eigenvalue weighted by Gasteiger charge is -2.45. The summed E-state index contributed by atoms with van der Waals surface area (Å²) in [4.78, 5) is 27.7. The number of carbonyl (C=O) groups is 1. The van der Waals surface area contributed by atoms with E-state index in [2.05, 4.69) is 32.1 Å². The first-order chi connectivity index (χ1) is 13.0. The SMILES string of the molecule is CN1CCN(C2(CNC(=O)C=Cc3cnc(N(C)C)nc3)CCCC2)CC1. The molecule has 27 heavy (non-hydrogen) atoms. The van der Waals surface area contributed by atoms with Crippen LogP contribution in [0.2, 0.25) is 0 Å². The van der Waals surface area contributed by atoms with E-state index in [9.17, 15) is 4.79 Å². The summed E-state index contributed by atoms with van der Waals surface area (Å²) in [5.41, 5.74) is 0.965. The highest BCUT2D eigenvalue weighted by Gasteiger charge is 2.40. The minimum atomic E-state index is -0.0490. The molecule has 1 aromatic rings. The molecule has 0 aromatic carbocycles. The van der Waals surface area contributed by atoms with Crippen molar-refractivity contribution in [3.8, 4) is 0 Å². The van der Waals surface area contributed by atoms with Gasteiger partial charge in [0.2, 0.25) is 11.9 Å². The fourth-order valence-corrected chi connectivity index (χ4v) is 4.05. The molecule has 7 heteroatoms. The van der Waals surface area contributed by atoms with Gasteiger partial charge in [0.25, 0.3) is 0 Å². The molecule has 1 saturated heterocycles. The molecule has 0 bridgehead atoms. The van der Waals surface area contributed by atoms with Crippen molar-refractivity contribution in [3.05, 3.63) is 24.0 Å². The summed E-state index contributed by atoms with van der Waals surface area (Å²) in [6.07, 6.45) is 11.7. The number of amides is 1. The molecule has 0 spiro atoms. The molecular weight excluding hydrogens is 340 g/mol. The van der Waals surface area contributed by atoms with Crippen LogP contribution in [0, 0.1) is 0 Å². The fourth-order valence-electron chi connectivity index (χ4n) is 4.05. The van der Waals surface area contributed by atoms with Gasteiger partial charge in [0.1, 0.15) is 0 Å². The average molecular weight is 373 g/mol. The summed E-state index contributed by atoms with van der Waals surface area (Å²) in [6.45, 7) is 5.14. The lowest BCUT2D eigenvalue weighted by molar-refractivity contribution is -0.117. The number of likely N-dealkylation sites (N-methyl/N-ethyl adjacent to an activating group) is 1. The molecule has 148 valence electrons. The van der Waals surface area contributed by atoms with Crippen LogP contribution in [-0.4, -0.2) is 85.1 Å². The van der Waals surface area contributed by atoms with Gasteiger partial charge in [-0.05, 0) is 26.0 Å². The van der Waals surface area contributed by atoms with Gasteiger partial charge in [-0.2, -0.15) is 0 Å². The number of rotatable bonds is 6. The molecule has 1 saturated carbocycles. The van der Waals surface area contributed by atoms with Crippen LogP contribution in [0.1, 0.15) is 31.2 Å². The smallest absolute Gasteiger partial charge is 0.244 e. The van der Waals surface area contributed by atoms with Crippen LogP contribution in [0.5, 0.6) is 0 Å². The maximum atomic E-state index is 12.4. The van der Waals surface area contributed by atoms with Crippen molar-refractivity contribution in [3.63, 3.8) is 0 Å². The van der Waals surface area contributed by atoms with Gasteiger partial charge in [-0.3, -0.25) is 9.69 Å². The van der Waals surface area contributed by atoms with Gasteiger partial charge < -0.3 is 15.1 Å². The van der Waals surface area contributed by atoms with E-state index in [1.54, 1.807) is 24.5 Å². The molecule has 2 aliphatic rings. The normalized spacial score (nSPS) is 20.9. The molecule has 1 amide bonds.